The fraction of sp³-hybridized carbons (Fsp3) is 0.0769. The number of rotatable bonds is 3. The van der Waals surface area contributed by atoms with Crippen LogP contribution in [0, 0.1) is 0 Å². The normalized spacial score (nSPS) is 10.1. The lowest BCUT2D eigenvalue weighted by Crippen LogP contribution is -2.09. The van der Waals surface area contributed by atoms with Crippen molar-refractivity contribution in [3.8, 4) is 0 Å². The first-order valence-corrected chi connectivity index (χ1v) is 6.44. The van der Waals surface area contributed by atoms with E-state index in [1.54, 1.807) is 30.3 Å². The minimum Gasteiger partial charge on any atom is -0.325 e. The van der Waals surface area contributed by atoms with Crippen molar-refractivity contribution in [2.75, 3.05) is 5.32 Å². The van der Waals surface area contributed by atoms with Crippen molar-refractivity contribution in [1.82, 2.24) is 0 Å². The van der Waals surface area contributed by atoms with Gasteiger partial charge in [0.05, 0.1) is 10.0 Å². The van der Waals surface area contributed by atoms with Crippen molar-refractivity contribution < 1.29 is 9.59 Å². The van der Waals surface area contributed by atoms with Crippen molar-refractivity contribution in [3.05, 3.63) is 51.2 Å². The molecule has 0 unspecified atom stereocenters. The summed E-state index contributed by atoms with van der Waals surface area (Å²) in [5.41, 5.74) is 1.04. The highest BCUT2D eigenvalue weighted by molar-refractivity contribution is 7.18. The SMILES string of the molecule is CC(=O)Nc1cc(Cl)sc1C(=O)c1ccccc1. The molecule has 0 spiro atoms. The molecule has 2 aromatic rings. The van der Waals surface area contributed by atoms with Crippen molar-refractivity contribution in [2.24, 2.45) is 0 Å². The molecular formula is C13H10ClNO2S. The molecule has 2 rings (SSSR count). The number of hydrogen-bond donors (Lipinski definition) is 1. The van der Waals surface area contributed by atoms with Crippen molar-refractivity contribution in [3.63, 3.8) is 0 Å². The summed E-state index contributed by atoms with van der Waals surface area (Å²) in [5, 5.41) is 2.61. The molecule has 0 saturated carbocycles. The number of benzene rings is 1. The number of ketones is 1. The number of anilines is 1. The zero-order valence-electron chi connectivity index (χ0n) is 9.57. The third-order valence-electron chi connectivity index (χ3n) is 2.25. The summed E-state index contributed by atoms with van der Waals surface area (Å²) >= 11 is 7.06. The van der Waals surface area contributed by atoms with Crippen LogP contribution in [-0.2, 0) is 4.79 Å². The first kappa shape index (κ1) is 12.8. The smallest absolute Gasteiger partial charge is 0.221 e. The summed E-state index contributed by atoms with van der Waals surface area (Å²) in [6.45, 7) is 1.39. The molecule has 3 nitrogen and oxygen atoms in total. The van der Waals surface area contributed by atoms with Gasteiger partial charge in [0.2, 0.25) is 11.7 Å². The fourth-order valence-electron chi connectivity index (χ4n) is 1.53. The van der Waals surface area contributed by atoms with E-state index < -0.39 is 0 Å². The van der Waals surface area contributed by atoms with Gasteiger partial charge in [-0.3, -0.25) is 9.59 Å². The number of carbonyl (C=O) groups is 2. The van der Waals surface area contributed by atoms with Crippen LogP contribution in [0.5, 0.6) is 0 Å². The van der Waals surface area contributed by atoms with E-state index in [1.807, 2.05) is 6.07 Å². The standard InChI is InChI=1S/C13H10ClNO2S/c1-8(16)15-10-7-11(14)18-13(10)12(17)9-5-3-2-4-6-9/h2-7H,1H3,(H,15,16). The van der Waals surface area contributed by atoms with Crippen LogP contribution in [-0.4, -0.2) is 11.7 Å². The Labute approximate surface area is 113 Å². The molecule has 1 N–H and O–H groups in total. The van der Waals surface area contributed by atoms with Gasteiger partial charge < -0.3 is 5.32 Å². The van der Waals surface area contributed by atoms with Gasteiger partial charge in [0, 0.05) is 12.5 Å². The van der Waals surface area contributed by atoms with E-state index in [4.69, 9.17) is 11.6 Å². The summed E-state index contributed by atoms with van der Waals surface area (Å²) < 4.78 is 0.470. The Bertz CT molecular complexity index is 592. The van der Waals surface area contributed by atoms with Crippen molar-refractivity contribution in [1.29, 1.82) is 0 Å². The first-order chi connectivity index (χ1) is 8.58. The Balaban J connectivity index is 2.39. The largest absolute Gasteiger partial charge is 0.325 e. The Morgan fingerprint density at radius 2 is 1.89 bits per heavy atom. The lowest BCUT2D eigenvalue weighted by atomic mass is 10.1. The van der Waals surface area contributed by atoms with E-state index in [1.165, 1.54) is 6.92 Å². The number of amides is 1. The van der Waals surface area contributed by atoms with Crippen LogP contribution in [0.4, 0.5) is 5.69 Å². The average Bonchev–Trinajstić information content (AvgIpc) is 2.69. The Hall–Kier alpha value is -1.65. The van der Waals surface area contributed by atoms with Crippen LogP contribution >= 0.6 is 22.9 Å². The Kier molecular flexibility index (Phi) is 3.79. The number of thiophene rings is 1. The topological polar surface area (TPSA) is 46.2 Å². The molecule has 1 amide bonds. The summed E-state index contributed by atoms with van der Waals surface area (Å²) in [6, 6.07) is 10.5. The predicted molar refractivity (Wildman–Crippen MR) is 73.5 cm³/mol. The van der Waals surface area contributed by atoms with Crippen molar-refractivity contribution in [2.45, 2.75) is 6.92 Å². The van der Waals surface area contributed by atoms with E-state index in [-0.39, 0.29) is 11.7 Å². The van der Waals surface area contributed by atoms with Gasteiger partial charge in [-0.1, -0.05) is 41.9 Å². The zero-order valence-corrected chi connectivity index (χ0v) is 11.1. The lowest BCUT2D eigenvalue weighted by Gasteiger charge is -2.03. The van der Waals surface area contributed by atoms with Crippen LogP contribution < -0.4 is 5.32 Å². The van der Waals surface area contributed by atoms with Gasteiger partial charge in [0.15, 0.2) is 0 Å². The molecule has 0 aliphatic carbocycles. The molecule has 0 atom stereocenters. The maximum atomic E-state index is 12.3. The molecule has 0 saturated heterocycles. The van der Waals surface area contributed by atoms with Gasteiger partial charge in [-0.15, -0.1) is 11.3 Å². The second-order valence-corrected chi connectivity index (χ2v) is 5.35. The molecule has 0 aliphatic rings. The number of carbonyl (C=O) groups excluding carboxylic acids is 2. The van der Waals surface area contributed by atoms with Gasteiger partial charge in [-0.05, 0) is 6.07 Å². The molecule has 92 valence electrons. The molecule has 1 aromatic heterocycles. The quantitative estimate of drug-likeness (QED) is 0.873. The molecule has 0 aliphatic heterocycles. The van der Waals surface area contributed by atoms with E-state index in [0.29, 0.717) is 20.5 Å². The number of nitrogens with one attached hydrogen (secondary N) is 1. The first-order valence-electron chi connectivity index (χ1n) is 5.24. The van der Waals surface area contributed by atoms with Gasteiger partial charge in [0.25, 0.3) is 0 Å². The molecular weight excluding hydrogens is 270 g/mol. The van der Waals surface area contributed by atoms with E-state index >= 15 is 0 Å². The van der Waals surface area contributed by atoms with E-state index in [0.717, 1.165) is 11.3 Å². The fourth-order valence-corrected chi connectivity index (χ4v) is 2.68. The van der Waals surface area contributed by atoms with Gasteiger partial charge >= 0.3 is 0 Å². The highest BCUT2D eigenvalue weighted by atomic mass is 35.5. The molecule has 18 heavy (non-hydrogen) atoms. The van der Waals surface area contributed by atoms with Crippen LogP contribution in [0.1, 0.15) is 22.2 Å². The summed E-state index contributed by atoms with van der Waals surface area (Å²) in [4.78, 5) is 23.8. The average molecular weight is 280 g/mol. The number of halogens is 1. The molecule has 5 heteroatoms. The van der Waals surface area contributed by atoms with Crippen LogP contribution in [0.15, 0.2) is 36.4 Å². The van der Waals surface area contributed by atoms with Crippen LogP contribution in [0.25, 0.3) is 0 Å². The number of hydrogen-bond acceptors (Lipinski definition) is 3. The molecule has 1 heterocycles. The minimum absolute atomic E-state index is 0.142. The lowest BCUT2D eigenvalue weighted by molar-refractivity contribution is -0.114. The third kappa shape index (κ3) is 2.78. The summed E-state index contributed by atoms with van der Waals surface area (Å²) in [5.74, 6) is -0.372. The van der Waals surface area contributed by atoms with Gasteiger partial charge in [0.1, 0.15) is 4.88 Å². The highest BCUT2D eigenvalue weighted by Crippen LogP contribution is 2.32. The van der Waals surface area contributed by atoms with Crippen LogP contribution in [0.3, 0.4) is 0 Å². The van der Waals surface area contributed by atoms with E-state index in [9.17, 15) is 9.59 Å². The maximum absolute atomic E-state index is 12.3. The van der Waals surface area contributed by atoms with Crippen molar-refractivity contribution >= 4 is 40.3 Å². The zero-order chi connectivity index (χ0) is 13.1. The van der Waals surface area contributed by atoms with Gasteiger partial charge in [-0.25, -0.2) is 0 Å². The van der Waals surface area contributed by atoms with Gasteiger partial charge in [-0.2, -0.15) is 0 Å². The summed E-state index contributed by atoms with van der Waals surface area (Å²) in [6.07, 6.45) is 0. The molecule has 1 aromatic carbocycles. The molecule has 0 radical (unpaired) electrons. The second-order valence-electron chi connectivity index (χ2n) is 3.67. The Morgan fingerprint density at radius 3 is 2.50 bits per heavy atom. The van der Waals surface area contributed by atoms with Crippen LogP contribution in [0.2, 0.25) is 4.34 Å². The predicted octanol–water partition coefficient (Wildman–Crippen LogP) is 3.59. The minimum atomic E-state index is -0.230. The Morgan fingerprint density at radius 1 is 1.22 bits per heavy atom. The maximum Gasteiger partial charge on any atom is 0.221 e. The molecule has 0 bridgehead atoms. The second kappa shape index (κ2) is 5.33. The highest BCUT2D eigenvalue weighted by Gasteiger charge is 2.17. The monoisotopic (exact) mass is 279 g/mol. The molecule has 0 fully saturated rings. The third-order valence-corrected chi connectivity index (χ3v) is 3.52. The van der Waals surface area contributed by atoms with E-state index in [2.05, 4.69) is 5.32 Å². The summed E-state index contributed by atoms with van der Waals surface area (Å²) in [7, 11) is 0.